The standard InChI is InChI=1S/C15H10ClN3O3/c16-9-3-6-11-12(7-9)17-14(20)13(11)19-18-10-4-1-8(2-5-10)15(21)22/h1-7,17,20H,(H,21,22). The van der Waals surface area contributed by atoms with Gasteiger partial charge in [0.05, 0.1) is 16.8 Å². The molecule has 0 aliphatic carbocycles. The number of benzene rings is 2. The van der Waals surface area contributed by atoms with Gasteiger partial charge in [-0.3, -0.25) is 0 Å². The van der Waals surface area contributed by atoms with Crippen molar-refractivity contribution < 1.29 is 15.0 Å². The molecule has 7 heteroatoms. The van der Waals surface area contributed by atoms with E-state index in [9.17, 15) is 9.90 Å². The number of carboxylic acid groups (broad SMARTS) is 1. The molecular weight excluding hydrogens is 306 g/mol. The molecule has 0 fully saturated rings. The Bertz CT molecular complexity index is 885. The molecule has 0 bridgehead atoms. The minimum absolute atomic E-state index is 0.108. The second-order valence-electron chi connectivity index (χ2n) is 4.56. The summed E-state index contributed by atoms with van der Waals surface area (Å²) >= 11 is 5.89. The molecule has 3 N–H and O–H groups in total. The van der Waals surface area contributed by atoms with Crippen molar-refractivity contribution in [2.24, 2.45) is 10.2 Å². The first-order valence-electron chi connectivity index (χ1n) is 6.30. The summed E-state index contributed by atoms with van der Waals surface area (Å²) in [5.41, 5.74) is 1.60. The molecule has 1 heterocycles. The van der Waals surface area contributed by atoms with Crippen molar-refractivity contribution in [3.8, 4) is 5.88 Å². The Kier molecular flexibility index (Phi) is 3.52. The number of aromatic amines is 1. The lowest BCUT2D eigenvalue weighted by Crippen LogP contribution is -1.93. The van der Waals surface area contributed by atoms with Gasteiger partial charge < -0.3 is 15.2 Å². The molecule has 0 spiro atoms. The van der Waals surface area contributed by atoms with Crippen LogP contribution in [0.15, 0.2) is 52.7 Å². The van der Waals surface area contributed by atoms with E-state index in [1.165, 1.54) is 24.3 Å². The first-order valence-corrected chi connectivity index (χ1v) is 6.67. The third-order valence-electron chi connectivity index (χ3n) is 3.09. The van der Waals surface area contributed by atoms with Crippen LogP contribution in [0.3, 0.4) is 0 Å². The third kappa shape index (κ3) is 2.64. The molecular formula is C15H10ClN3O3. The van der Waals surface area contributed by atoms with E-state index in [1.54, 1.807) is 18.2 Å². The average Bonchev–Trinajstić information content (AvgIpc) is 2.80. The molecule has 3 rings (SSSR count). The van der Waals surface area contributed by atoms with Crippen LogP contribution < -0.4 is 0 Å². The van der Waals surface area contributed by atoms with Crippen molar-refractivity contribution >= 4 is 39.8 Å². The summed E-state index contributed by atoms with van der Waals surface area (Å²) in [4.78, 5) is 13.5. The molecule has 22 heavy (non-hydrogen) atoms. The summed E-state index contributed by atoms with van der Waals surface area (Å²) in [5.74, 6) is -1.11. The minimum Gasteiger partial charge on any atom is -0.493 e. The predicted molar refractivity (Wildman–Crippen MR) is 82.6 cm³/mol. The van der Waals surface area contributed by atoms with E-state index in [1.807, 2.05) is 0 Å². The van der Waals surface area contributed by atoms with Crippen LogP contribution in [0.25, 0.3) is 10.9 Å². The SMILES string of the molecule is O=C(O)c1ccc(N=Nc2c(O)[nH]c3cc(Cl)ccc23)cc1. The van der Waals surface area contributed by atoms with Crippen LogP contribution in [0.1, 0.15) is 10.4 Å². The smallest absolute Gasteiger partial charge is 0.335 e. The van der Waals surface area contributed by atoms with Gasteiger partial charge in [-0.1, -0.05) is 11.6 Å². The number of fused-ring (bicyclic) bond motifs is 1. The van der Waals surface area contributed by atoms with Crippen molar-refractivity contribution in [1.29, 1.82) is 0 Å². The number of aromatic carboxylic acids is 1. The van der Waals surface area contributed by atoms with Gasteiger partial charge in [-0.25, -0.2) is 4.79 Å². The van der Waals surface area contributed by atoms with Crippen molar-refractivity contribution in [3.05, 3.63) is 53.1 Å². The van der Waals surface area contributed by atoms with Gasteiger partial charge in [-0.15, -0.1) is 5.11 Å². The zero-order valence-corrected chi connectivity index (χ0v) is 11.9. The Morgan fingerprint density at radius 1 is 1.09 bits per heavy atom. The van der Waals surface area contributed by atoms with Crippen molar-refractivity contribution in [1.82, 2.24) is 4.98 Å². The first kappa shape index (κ1) is 14.1. The number of aromatic nitrogens is 1. The maximum absolute atomic E-state index is 10.8. The van der Waals surface area contributed by atoms with Gasteiger partial charge in [0.2, 0.25) is 5.88 Å². The summed E-state index contributed by atoms with van der Waals surface area (Å²) in [6.45, 7) is 0. The van der Waals surface area contributed by atoms with Crippen LogP contribution >= 0.6 is 11.6 Å². The number of nitrogens with zero attached hydrogens (tertiary/aromatic N) is 2. The van der Waals surface area contributed by atoms with Crippen LogP contribution in [0, 0.1) is 0 Å². The fourth-order valence-electron chi connectivity index (χ4n) is 2.02. The fourth-order valence-corrected chi connectivity index (χ4v) is 2.19. The number of hydrogen-bond acceptors (Lipinski definition) is 4. The lowest BCUT2D eigenvalue weighted by atomic mass is 10.2. The Balaban J connectivity index is 1.95. The summed E-state index contributed by atoms with van der Waals surface area (Å²) in [6, 6.07) is 11.0. The van der Waals surface area contributed by atoms with Gasteiger partial charge in [0.25, 0.3) is 0 Å². The highest BCUT2D eigenvalue weighted by molar-refractivity contribution is 6.31. The monoisotopic (exact) mass is 315 g/mol. The van der Waals surface area contributed by atoms with E-state index in [0.29, 0.717) is 27.3 Å². The molecule has 0 aliphatic heterocycles. The van der Waals surface area contributed by atoms with Crippen molar-refractivity contribution in [3.63, 3.8) is 0 Å². The number of aromatic hydroxyl groups is 1. The number of halogens is 1. The Morgan fingerprint density at radius 3 is 2.50 bits per heavy atom. The van der Waals surface area contributed by atoms with Gasteiger partial charge in [-0.2, -0.15) is 5.11 Å². The van der Waals surface area contributed by atoms with Gasteiger partial charge in [-0.05, 0) is 42.5 Å². The minimum atomic E-state index is -1.00. The Labute approximate surface area is 129 Å². The second-order valence-corrected chi connectivity index (χ2v) is 5.00. The van der Waals surface area contributed by atoms with E-state index >= 15 is 0 Å². The lowest BCUT2D eigenvalue weighted by molar-refractivity contribution is 0.0697. The molecule has 6 nitrogen and oxygen atoms in total. The number of rotatable bonds is 3. The van der Waals surface area contributed by atoms with Crippen molar-refractivity contribution in [2.75, 3.05) is 0 Å². The topological polar surface area (TPSA) is 98.0 Å². The number of hydrogen-bond donors (Lipinski definition) is 3. The quantitative estimate of drug-likeness (QED) is 0.614. The molecule has 0 atom stereocenters. The number of nitrogens with one attached hydrogen (secondary N) is 1. The number of carboxylic acids is 1. The Hall–Kier alpha value is -2.86. The molecule has 0 amide bonds. The molecule has 110 valence electrons. The van der Waals surface area contributed by atoms with Crippen LogP contribution in [-0.4, -0.2) is 21.2 Å². The van der Waals surface area contributed by atoms with Crippen LogP contribution in [0.2, 0.25) is 5.02 Å². The van der Waals surface area contributed by atoms with E-state index in [0.717, 1.165) is 0 Å². The van der Waals surface area contributed by atoms with E-state index in [2.05, 4.69) is 15.2 Å². The van der Waals surface area contributed by atoms with Crippen LogP contribution in [-0.2, 0) is 0 Å². The molecule has 0 aliphatic rings. The summed E-state index contributed by atoms with van der Waals surface area (Å²) in [7, 11) is 0. The Morgan fingerprint density at radius 2 is 1.82 bits per heavy atom. The lowest BCUT2D eigenvalue weighted by Gasteiger charge is -1.95. The van der Waals surface area contributed by atoms with E-state index < -0.39 is 5.97 Å². The zero-order valence-electron chi connectivity index (χ0n) is 11.1. The van der Waals surface area contributed by atoms with Crippen LogP contribution in [0.4, 0.5) is 11.4 Å². The summed E-state index contributed by atoms with van der Waals surface area (Å²) in [5, 5.41) is 28.0. The molecule has 2 aromatic carbocycles. The maximum atomic E-state index is 10.8. The average molecular weight is 316 g/mol. The molecule has 1 aromatic heterocycles. The normalized spacial score (nSPS) is 11.3. The summed E-state index contributed by atoms with van der Waals surface area (Å²) in [6.07, 6.45) is 0. The zero-order chi connectivity index (χ0) is 15.7. The highest BCUT2D eigenvalue weighted by atomic mass is 35.5. The number of H-pyrrole nitrogens is 1. The molecule has 0 saturated carbocycles. The molecule has 3 aromatic rings. The van der Waals surface area contributed by atoms with E-state index in [-0.39, 0.29) is 11.4 Å². The molecule has 0 unspecified atom stereocenters. The highest BCUT2D eigenvalue weighted by Gasteiger charge is 2.10. The maximum Gasteiger partial charge on any atom is 0.335 e. The van der Waals surface area contributed by atoms with Gasteiger partial charge >= 0.3 is 5.97 Å². The van der Waals surface area contributed by atoms with E-state index in [4.69, 9.17) is 16.7 Å². The van der Waals surface area contributed by atoms with Gasteiger partial charge in [0, 0.05) is 10.4 Å². The first-order chi connectivity index (χ1) is 10.5. The van der Waals surface area contributed by atoms with Crippen LogP contribution in [0.5, 0.6) is 5.88 Å². The second kappa shape index (κ2) is 5.50. The fraction of sp³-hybridized carbons (Fsp3) is 0. The largest absolute Gasteiger partial charge is 0.493 e. The van der Waals surface area contributed by atoms with Gasteiger partial charge in [0.15, 0.2) is 5.69 Å². The molecule has 0 saturated heterocycles. The number of carbonyl (C=O) groups is 1. The van der Waals surface area contributed by atoms with Crippen molar-refractivity contribution in [2.45, 2.75) is 0 Å². The third-order valence-corrected chi connectivity index (χ3v) is 3.33. The number of azo groups is 1. The highest BCUT2D eigenvalue weighted by Crippen LogP contribution is 2.37. The summed E-state index contributed by atoms with van der Waals surface area (Å²) < 4.78 is 0. The predicted octanol–water partition coefficient (Wildman–Crippen LogP) is 4.64. The molecule has 0 radical (unpaired) electrons. The van der Waals surface area contributed by atoms with Gasteiger partial charge in [0.1, 0.15) is 0 Å².